The Bertz CT molecular complexity index is 688. The highest BCUT2D eigenvalue weighted by atomic mass is 32.2. The molecule has 122 valence electrons. The van der Waals surface area contributed by atoms with Crippen molar-refractivity contribution in [1.29, 1.82) is 0 Å². The second kappa shape index (κ2) is 6.58. The van der Waals surface area contributed by atoms with Crippen molar-refractivity contribution in [1.82, 2.24) is 4.90 Å². The van der Waals surface area contributed by atoms with Crippen molar-refractivity contribution in [2.24, 2.45) is 0 Å². The molecule has 0 radical (unpaired) electrons. The lowest BCUT2D eigenvalue weighted by Crippen LogP contribution is -2.37. The van der Waals surface area contributed by atoms with Gasteiger partial charge in [0.15, 0.2) is 0 Å². The zero-order valence-corrected chi connectivity index (χ0v) is 14.4. The van der Waals surface area contributed by atoms with Gasteiger partial charge in [0, 0.05) is 0 Å². The molecular weight excluding hydrogens is 314 g/mol. The lowest BCUT2D eigenvalue weighted by atomic mass is 10.1. The van der Waals surface area contributed by atoms with Crippen molar-refractivity contribution >= 4 is 35.0 Å². The van der Waals surface area contributed by atoms with E-state index in [2.05, 4.69) is 0 Å². The average Bonchev–Trinajstić information content (AvgIpc) is 2.64. The zero-order valence-electron chi connectivity index (χ0n) is 13.6. The first-order valence-corrected chi connectivity index (χ1v) is 8.01. The van der Waals surface area contributed by atoms with Gasteiger partial charge in [0.2, 0.25) is 0 Å². The van der Waals surface area contributed by atoms with E-state index in [0.717, 1.165) is 27.8 Å². The number of amides is 2. The van der Waals surface area contributed by atoms with E-state index in [-0.39, 0.29) is 6.54 Å². The first kappa shape index (κ1) is 17.3. The lowest BCUT2D eigenvalue weighted by molar-refractivity contribution is -0.156. The molecule has 0 atom stereocenters. The van der Waals surface area contributed by atoms with E-state index in [4.69, 9.17) is 4.74 Å². The molecule has 2 rings (SSSR count). The van der Waals surface area contributed by atoms with Crippen LogP contribution < -0.4 is 0 Å². The maximum absolute atomic E-state index is 12.3. The van der Waals surface area contributed by atoms with Gasteiger partial charge in [-0.1, -0.05) is 29.8 Å². The minimum Gasteiger partial charge on any atom is -0.459 e. The van der Waals surface area contributed by atoms with Crippen molar-refractivity contribution in [2.75, 3.05) is 6.54 Å². The number of ether oxygens (including phenoxy) is 1. The number of nitrogens with zero attached hydrogens (tertiary/aromatic N) is 1. The third-order valence-electron chi connectivity index (χ3n) is 2.92. The Kier molecular flexibility index (Phi) is 4.94. The van der Waals surface area contributed by atoms with Crippen LogP contribution >= 0.6 is 11.8 Å². The van der Waals surface area contributed by atoms with Gasteiger partial charge in [0.05, 0.1) is 4.91 Å². The van der Waals surface area contributed by atoms with Crippen molar-refractivity contribution in [3.8, 4) is 0 Å². The first-order valence-electron chi connectivity index (χ1n) is 7.19. The third kappa shape index (κ3) is 4.69. The van der Waals surface area contributed by atoms with Gasteiger partial charge >= 0.3 is 5.97 Å². The predicted octanol–water partition coefficient (Wildman–Crippen LogP) is 3.37. The highest BCUT2D eigenvalue weighted by Crippen LogP contribution is 2.32. The molecule has 0 N–H and O–H groups in total. The number of thioether (sulfide) groups is 1. The lowest BCUT2D eigenvalue weighted by Gasteiger charge is -2.21. The molecule has 1 heterocycles. The van der Waals surface area contributed by atoms with E-state index in [9.17, 15) is 14.4 Å². The summed E-state index contributed by atoms with van der Waals surface area (Å²) < 4.78 is 5.15. The molecule has 6 heteroatoms. The van der Waals surface area contributed by atoms with E-state index in [0.29, 0.717) is 4.91 Å². The van der Waals surface area contributed by atoms with Crippen LogP contribution in [0.2, 0.25) is 0 Å². The van der Waals surface area contributed by atoms with Gasteiger partial charge in [-0.3, -0.25) is 19.3 Å². The standard InChI is InChI=1S/C17H19NO4S/c1-11-6-5-7-12(8-11)9-13-15(20)18(16(21)23-13)10-14(19)22-17(2,3)4/h5-9H,10H2,1-4H3/b13-9-. The number of hydrogen-bond donors (Lipinski definition) is 0. The van der Waals surface area contributed by atoms with Crippen LogP contribution in [-0.2, 0) is 14.3 Å². The molecule has 1 aromatic carbocycles. The van der Waals surface area contributed by atoms with Crippen LogP contribution in [0.3, 0.4) is 0 Å². The highest BCUT2D eigenvalue weighted by Gasteiger charge is 2.37. The molecule has 2 amide bonds. The van der Waals surface area contributed by atoms with Crippen LogP contribution in [0.5, 0.6) is 0 Å². The topological polar surface area (TPSA) is 63.7 Å². The van der Waals surface area contributed by atoms with Gasteiger partial charge in [-0.05, 0) is 51.1 Å². The molecule has 1 fully saturated rings. The maximum Gasteiger partial charge on any atom is 0.326 e. The van der Waals surface area contributed by atoms with Gasteiger partial charge in [-0.25, -0.2) is 0 Å². The summed E-state index contributed by atoms with van der Waals surface area (Å²) in [6.45, 7) is 6.78. The number of carbonyl (C=O) groups is 3. The van der Waals surface area contributed by atoms with Gasteiger partial charge in [0.25, 0.3) is 11.1 Å². The van der Waals surface area contributed by atoms with Gasteiger partial charge < -0.3 is 4.74 Å². The Labute approximate surface area is 139 Å². The number of benzene rings is 1. The minimum atomic E-state index is -0.656. The van der Waals surface area contributed by atoms with Crippen LogP contribution in [0.15, 0.2) is 29.2 Å². The number of aryl methyl sites for hydroxylation is 1. The van der Waals surface area contributed by atoms with Crippen LogP contribution in [0.25, 0.3) is 6.08 Å². The van der Waals surface area contributed by atoms with Crippen molar-refractivity contribution in [2.45, 2.75) is 33.3 Å². The molecule has 1 aromatic rings. The summed E-state index contributed by atoms with van der Waals surface area (Å²) in [4.78, 5) is 37.3. The number of imide groups is 1. The Balaban J connectivity index is 2.12. The minimum absolute atomic E-state index is 0.309. The maximum atomic E-state index is 12.3. The first-order chi connectivity index (χ1) is 10.7. The molecule has 23 heavy (non-hydrogen) atoms. The Morgan fingerprint density at radius 3 is 2.61 bits per heavy atom. The molecule has 5 nitrogen and oxygen atoms in total. The van der Waals surface area contributed by atoms with Crippen molar-refractivity contribution < 1.29 is 19.1 Å². The number of carbonyl (C=O) groups excluding carboxylic acids is 3. The Hall–Kier alpha value is -2.08. The molecule has 0 bridgehead atoms. The monoisotopic (exact) mass is 333 g/mol. The molecule has 0 unspecified atom stereocenters. The van der Waals surface area contributed by atoms with Gasteiger partial charge in [-0.15, -0.1) is 0 Å². The van der Waals surface area contributed by atoms with E-state index in [1.54, 1.807) is 26.8 Å². The van der Waals surface area contributed by atoms with Crippen LogP contribution in [0.1, 0.15) is 31.9 Å². The Morgan fingerprint density at radius 2 is 2.00 bits per heavy atom. The summed E-state index contributed by atoms with van der Waals surface area (Å²) in [6.07, 6.45) is 1.66. The molecule has 1 saturated heterocycles. The largest absolute Gasteiger partial charge is 0.459 e. The zero-order chi connectivity index (χ0) is 17.2. The molecule has 0 spiro atoms. The van der Waals surface area contributed by atoms with Gasteiger partial charge in [-0.2, -0.15) is 0 Å². The summed E-state index contributed by atoms with van der Waals surface area (Å²) in [6, 6.07) is 7.61. The second-order valence-corrected chi connectivity index (χ2v) is 7.26. The highest BCUT2D eigenvalue weighted by molar-refractivity contribution is 8.18. The van der Waals surface area contributed by atoms with E-state index < -0.39 is 22.7 Å². The molecule has 1 aliphatic heterocycles. The molecule has 1 aliphatic rings. The fourth-order valence-corrected chi connectivity index (χ4v) is 2.89. The summed E-state index contributed by atoms with van der Waals surface area (Å²) in [5.74, 6) is -1.07. The summed E-state index contributed by atoms with van der Waals surface area (Å²) in [7, 11) is 0. The normalized spacial score (nSPS) is 17.0. The molecule has 0 aliphatic carbocycles. The van der Waals surface area contributed by atoms with Crippen molar-refractivity contribution in [3.63, 3.8) is 0 Å². The average molecular weight is 333 g/mol. The fraction of sp³-hybridized carbons (Fsp3) is 0.353. The SMILES string of the molecule is Cc1cccc(/C=C2\SC(=O)N(CC(=O)OC(C)(C)C)C2=O)c1. The van der Waals surface area contributed by atoms with E-state index >= 15 is 0 Å². The molecular formula is C17H19NO4S. The summed E-state index contributed by atoms with van der Waals surface area (Å²) in [5, 5.41) is -0.459. The fourth-order valence-electron chi connectivity index (χ4n) is 2.05. The number of esters is 1. The van der Waals surface area contributed by atoms with Crippen LogP contribution in [0.4, 0.5) is 4.79 Å². The van der Waals surface area contributed by atoms with Crippen LogP contribution in [0, 0.1) is 6.92 Å². The van der Waals surface area contributed by atoms with Crippen LogP contribution in [-0.4, -0.2) is 34.2 Å². The number of rotatable bonds is 3. The smallest absolute Gasteiger partial charge is 0.326 e. The summed E-state index contributed by atoms with van der Waals surface area (Å²) in [5.41, 5.74) is 1.25. The predicted molar refractivity (Wildman–Crippen MR) is 89.7 cm³/mol. The van der Waals surface area contributed by atoms with E-state index in [1.807, 2.05) is 31.2 Å². The molecule has 0 aromatic heterocycles. The van der Waals surface area contributed by atoms with Gasteiger partial charge in [0.1, 0.15) is 12.1 Å². The third-order valence-corrected chi connectivity index (χ3v) is 3.83. The van der Waals surface area contributed by atoms with E-state index in [1.165, 1.54) is 0 Å². The molecule has 0 saturated carbocycles. The second-order valence-electron chi connectivity index (χ2n) is 6.27. The van der Waals surface area contributed by atoms with Crippen molar-refractivity contribution in [3.05, 3.63) is 40.3 Å². The number of hydrogen-bond acceptors (Lipinski definition) is 5. The quantitative estimate of drug-likeness (QED) is 0.627. The Morgan fingerprint density at radius 1 is 1.30 bits per heavy atom. The summed E-state index contributed by atoms with van der Waals surface area (Å²) >= 11 is 0.833.